The molecule has 1 amide bonds. The van der Waals surface area contributed by atoms with E-state index in [4.69, 9.17) is 10.6 Å². The molecule has 0 saturated carbocycles. The van der Waals surface area contributed by atoms with Gasteiger partial charge in [0.25, 0.3) is 5.78 Å². The molecule has 2 rings (SSSR count). The number of nitrogens with one attached hydrogen (secondary N) is 1. The van der Waals surface area contributed by atoms with E-state index in [0.717, 1.165) is 16.3 Å². The summed E-state index contributed by atoms with van der Waals surface area (Å²) >= 11 is 0. The van der Waals surface area contributed by atoms with Crippen LogP contribution in [0.5, 0.6) is 0 Å². The standard InChI is InChI=1S/C15H13N3O3/c16-17-9-14(19)13(18-15(20)21)8-10-5-6-11-3-1-2-4-12(11)7-10/h1-7,9,13,18H,8H2,(H,20,21). The molecule has 0 bridgehead atoms. The zero-order chi connectivity index (χ0) is 15.2. The van der Waals surface area contributed by atoms with Crippen molar-refractivity contribution >= 4 is 28.9 Å². The van der Waals surface area contributed by atoms with Crippen LogP contribution in [0.2, 0.25) is 0 Å². The molecular weight excluding hydrogens is 270 g/mol. The molecule has 0 aliphatic rings. The van der Waals surface area contributed by atoms with E-state index in [2.05, 4.69) is 10.1 Å². The highest BCUT2D eigenvalue weighted by atomic mass is 16.4. The first-order chi connectivity index (χ1) is 10.1. The highest BCUT2D eigenvalue weighted by molar-refractivity contribution is 6.28. The molecule has 1 atom stereocenters. The summed E-state index contributed by atoms with van der Waals surface area (Å²) in [5.41, 5.74) is 9.21. The van der Waals surface area contributed by atoms with Crippen LogP contribution < -0.4 is 5.32 Å². The number of carboxylic acid groups (broad SMARTS) is 1. The van der Waals surface area contributed by atoms with E-state index >= 15 is 0 Å². The highest BCUT2D eigenvalue weighted by Crippen LogP contribution is 2.16. The van der Waals surface area contributed by atoms with Gasteiger partial charge >= 0.3 is 12.3 Å². The van der Waals surface area contributed by atoms with Gasteiger partial charge in [-0.2, -0.15) is 4.79 Å². The van der Waals surface area contributed by atoms with Crippen molar-refractivity contribution < 1.29 is 19.5 Å². The summed E-state index contributed by atoms with van der Waals surface area (Å²) in [7, 11) is 0. The number of hydrogen-bond donors (Lipinski definition) is 2. The van der Waals surface area contributed by atoms with Crippen molar-refractivity contribution in [2.75, 3.05) is 0 Å². The molecule has 0 aliphatic carbocycles. The van der Waals surface area contributed by atoms with Crippen molar-refractivity contribution in [1.29, 1.82) is 0 Å². The predicted octanol–water partition coefficient (Wildman–Crippen LogP) is 1.89. The molecule has 2 aromatic rings. The smallest absolute Gasteiger partial charge is 0.405 e. The number of ketones is 1. The minimum atomic E-state index is -1.31. The van der Waals surface area contributed by atoms with Gasteiger partial charge < -0.3 is 16.0 Å². The predicted molar refractivity (Wildman–Crippen MR) is 77.3 cm³/mol. The van der Waals surface area contributed by atoms with Gasteiger partial charge in [-0.15, -0.1) is 0 Å². The minimum Gasteiger partial charge on any atom is -0.465 e. The fourth-order valence-corrected chi connectivity index (χ4v) is 2.12. The van der Waals surface area contributed by atoms with Crippen LogP contribution in [0.4, 0.5) is 4.79 Å². The highest BCUT2D eigenvalue weighted by Gasteiger charge is 2.22. The average Bonchev–Trinajstić information content (AvgIpc) is 2.46. The van der Waals surface area contributed by atoms with Crippen molar-refractivity contribution in [3.05, 3.63) is 53.6 Å². The number of carbonyl (C=O) groups excluding carboxylic acids is 1. The van der Waals surface area contributed by atoms with Crippen molar-refractivity contribution in [1.82, 2.24) is 5.32 Å². The fourth-order valence-electron chi connectivity index (χ4n) is 2.12. The summed E-state index contributed by atoms with van der Waals surface area (Å²) in [6, 6.07) is 12.4. The summed E-state index contributed by atoms with van der Waals surface area (Å²) in [4.78, 5) is 25.1. The molecule has 6 heteroatoms. The lowest BCUT2D eigenvalue weighted by Crippen LogP contribution is -2.42. The molecule has 0 heterocycles. The van der Waals surface area contributed by atoms with Crippen LogP contribution in [0.3, 0.4) is 0 Å². The number of amides is 1. The van der Waals surface area contributed by atoms with E-state index in [0.29, 0.717) is 6.21 Å². The van der Waals surface area contributed by atoms with Crippen LogP contribution >= 0.6 is 0 Å². The largest absolute Gasteiger partial charge is 0.465 e. The monoisotopic (exact) mass is 283 g/mol. The molecule has 0 aliphatic heterocycles. The lowest BCUT2D eigenvalue weighted by molar-refractivity contribution is -0.117. The van der Waals surface area contributed by atoms with Crippen LogP contribution in [0.25, 0.3) is 16.3 Å². The fraction of sp³-hybridized carbons (Fsp3) is 0.133. The first-order valence-electron chi connectivity index (χ1n) is 6.28. The third-order valence-corrected chi connectivity index (χ3v) is 3.08. The summed E-state index contributed by atoms with van der Waals surface area (Å²) in [6.07, 6.45) is -0.426. The maximum Gasteiger partial charge on any atom is 0.405 e. The zero-order valence-electron chi connectivity index (χ0n) is 11.1. The van der Waals surface area contributed by atoms with Gasteiger partial charge in [-0.25, -0.2) is 4.79 Å². The van der Waals surface area contributed by atoms with Crippen molar-refractivity contribution in [2.24, 2.45) is 0 Å². The minimum absolute atomic E-state index is 0.183. The van der Waals surface area contributed by atoms with Crippen LogP contribution in [0.1, 0.15) is 5.56 Å². The Hall–Kier alpha value is -2.98. The zero-order valence-corrected chi connectivity index (χ0v) is 11.1. The summed E-state index contributed by atoms with van der Waals surface area (Å²) in [5.74, 6) is -0.604. The molecule has 0 radical (unpaired) electrons. The SMILES string of the molecule is [N-]=[N+]=CC(=O)C(Cc1ccc2ccccc2c1)NC(=O)O. The van der Waals surface area contributed by atoms with Gasteiger partial charge in [-0.1, -0.05) is 42.5 Å². The van der Waals surface area contributed by atoms with E-state index in [9.17, 15) is 9.59 Å². The quantitative estimate of drug-likeness (QED) is 0.497. The Labute approximate surface area is 120 Å². The number of Topliss-reactive ketones (excluding diaryl/α,β-unsaturated/α-hetero) is 1. The number of rotatable bonds is 5. The number of hydrogen-bond acceptors (Lipinski definition) is 2. The van der Waals surface area contributed by atoms with Crippen molar-refractivity contribution in [2.45, 2.75) is 12.5 Å². The van der Waals surface area contributed by atoms with Gasteiger partial charge in [-0.3, -0.25) is 4.79 Å². The van der Waals surface area contributed by atoms with Crippen LogP contribution in [0, 0.1) is 0 Å². The average molecular weight is 283 g/mol. The van der Waals surface area contributed by atoms with E-state index in [-0.39, 0.29) is 6.42 Å². The summed E-state index contributed by atoms with van der Waals surface area (Å²) in [5, 5.41) is 13.0. The number of nitrogens with zero attached hydrogens (tertiary/aromatic N) is 2. The lowest BCUT2D eigenvalue weighted by Gasteiger charge is -2.12. The van der Waals surface area contributed by atoms with Gasteiger partial charge in [0.2, 0.25) is 0 Å². The Morgan fingerprint density at radius 2 is 1.95 bits per heavy atom. The second-order valence-corrected chi connectivity index (χ2v) is 4.53. The normalized spacial score (nSPS) is 11.4. The van der Waals surface area contributed by atoms with Gasteiger partial charge in [0.05, 0.1) is 0 Å². The maximum absolute atomic E-state index is 11.7. The Morgan fingerprint density at radius 1 is 1.24 bits per heavy atom. The summed E-state index contributed by atoms with van der Waals surface area (Å²) < 4.78 is 0. The molecule has 2 aromatic carbocycles. The molecule has 1 unspecified atom stereocenters. The molecule has 0 fully saturated rings. The Morgan fingerprint density at radius 3 is 2.62 bits per heavy atom. The lowest BCUT2D eigenvalue weighted by atomic mass is 10.00. The Bertz CT molecular complexity index is 736. The van der Waals surface area contributed by atoms with Crippen molar-refractivity contribution in [3.8, 4) is 0 Å². The van der Waals surface area contributed by atoms with Gasteiger partial charge in [0.15, 0.2) is 0 Å². The van der Waals surface area contributed by atoms with Crippen LogP contribution in [-0.2, 0) is 11.2 Å². The third kappa shape index (κ3) is 3.75. The second-order valence-electron chi connectivity index (χ2n) is 4.53. The van der Waals surface area contributed by atoms with Gasteiger partial charge in [-0.05, 0) is 16.3 Å². The molecular formula is C15H13N3O3. The van der Waals surface area contributed by atoms with Gasteiger partial charge in [0.1, 0.15) is 6.04 Å². The first kappa shape index (κ1) is 14.4. The maximum atomic E-state index is 11.7. The van der Waals surface area contributed by atoms with E-state index in [1.807, 2.05) is 42.5 Å². The number of benzene rings is 2. The molecule has 0 spiro atoms. The van der Waals surface area contributed by atoms with E-state index in [1.165, 1.54) is 0 Å². The summed E-state index contributed by atoms with van der Waals surface area (Å²) in [6.45, 7) is 0. The molecule has 0 aromatic heterocycles. The molecule has 6 nitrogen and oxygen atoms in total. The number of carbonyl (C=O) groups is 2. The Kier molecular flexibility index (Phi) is 4.43. The van der Waals surface area contributed by atoms with E-state index in [1.54, 1.807) is 0 Å². The van der Waals surface area contributed by atoms with E-state index < -0.39 is 17.9 Å². The molecule has 0 saturated heterocycles. The van der Waals surface area contributed by atoms with Crippen LogP contribution in [-0.4, -0.2) is 34.0 Å². The van der Waals surface area contributed by atoms with Crippen LogP contribution in [0.15, 0.2) is 42.5 Å². The molecule has 21 heavy (non-hydrogen) atoms. The molecule has 106 valence electrons. The Balaban J connectivity index is 2.26. The first-order valence-corrected chi connectivity index (χ1v) is 6.28. The van der Waals surface area contributed by atoms with Gasteiger partial charge in [0, 0.05) is 6.42 Å². The molecule has 2 N–H and O–H groups in total. The number of fused-ring (bicyclic) bond motifs is 1. The third-order valence-electron chi connectivity index (χ3n) is 3.08. The van der Waals surface area contributed by atoms with Crippen molar-refractivity contribution in [3.63, 3.8) is 0 Å². The topological polar surface area (TPSA) is 103 Å². The second kappa shape index (κ2) is 6.45.